The van der Waals surface area contributed by atoms with Crippen LogP contribution in [-0.4, -0.2) is 20.7 Å². The number of carbonyl (C=O) groups excluding carboxylic acids is 1. The van der Waals surface area contributed by atoms with Gasteiger partial charge in [-0.3, -0.25) is 9.36 Å². The first kappa shape index (κ1) is 22.5. The van der Waals surface area contributed by atoms with E-state index in [-0.39, 0.29) is 18.3 Å². The van der Waals surface area contributed by atoms with Crippen molar-refractivity contribution in [3.63, 3.8) is 0 Å². The van der Waals surface area contributed by atoms with Crippen LogP contribution in [0.4, 0.5) is 4.39 Å². The van der Waals surface area contributed by atoms with Crippen LogP contribution in [0, 0.1) is 12.7 Å². The Bertz CT molecular complexity index is 1210. The number of nitrogens with one attached hydrogen (secondary N) is 1. The standard InChI is InChI=1S/C23H20ClFN4OS2/c1-15-4-7-17(24)11-20(15)29-21(13-26-22(30)12-19-3-2-10-31-19)27-28-23(29)32-14-16-5-8-18(25)9-6-16/h2-11H,12-14H2,1H3,(H,26,30). The molecule has 0 spiro atoms. The lowest BCUT2D eigenvalue weighted by atomic mass is 10.2. The van der Waals surface area contributed by atoms with Crippen molar-refractivity contribution < 1.29 is 9.18 Å². The molecule has 2 aromatic heterocycles. The molecule has 0 aliphatic carbocycles. The highest BCUT2D eigenvalue weighted by atomic mass is 35.5. The maximum atomic E-state index is 13.2. The number of amides is 1. The van der Waals surface area contributed by atoms with Crippen LogP contribution >= 0.6 is 34.7 Å². The lowest BCUT2D eigenvalue weighted by Gasteiger charge is -2.14. The van der Waals surface area contributed by atoms with Crippen molar-refractivity contribution in [2.75, 3.05) is 0 Å². The first-order valence-electron chi connectivity index (χ1n) is 9.87. The third-order valence-electron chi connectivity index (χ3n) is 4.75. The van der Waals surface area contributed by atoms with E-state index in [1.807, 2.05) is 47.2 Å². The minimum atomic E-state index is -0.267. The summed E-state index contributed by atoms with van der Waals surface area (Å²) < 4.78 is 15.1. The summed E-state index contributed by atoms with van der Waals surface area (Å²) in [6.45, 7) is 2.22. The van der Waals surface area contributed by atoms with E-state index in [4.69, 9.17) is 11.6 Å². The minimum absolute atomic E-state index is 0.0784. The molecule has 1 amide bonds. The predicted molar refractivity (Wildman–Crippen MR) is 127 cm³/mol. The van der Waals surface area contributed by atoms with E-state index in [1.165, 1.54) is 23.9 Å². The van der Waals surface area contributed by atoms with Crippen molar-refractivity contribution in [1.29, 1.82) is 0 Å². The molecule has 2 aromatic carbocycles. The van der Waals surface area contributed by atoms with Gasteiger partial charge >= 0.3 is 0 Å². The topological polar surface area (TPSA) is 59.8 Å². The zero-order valence-electron chi connectivity index (χ0n) is 17.2. The number of aromatic nitrogens is 3. The highest BCUT2D eigenvalue weighted by Gasteiger charge is 2.17. The maximum Gasteiger partial charge on any atom is 0.225 e. The number of nitrogens with zero attached hydrogens (tertiary/aromatic N) is 3. The van der Waals surface area contributed by atoms with Gasteiger partial charge in [-0.1, -0.05) is 47.6 Å². The maximum absolute atomic E-state index is 13.2. The van der Waals surface area contributed by atoms with Crippen LogP contribution in [0.1, 0.15) is 21.8 Å². The summed E-state index contributed by atoms with van der Waals surface area (Å²) in [6, 6.07) is 15.9. The normalized spacial score (nSPS) is 11.0. The zero-order valence-corrected chi connectivity index (χ0v) is 19.6. The molecule has 164 valence electrons. The van der Waals surface area contributed by atoms with E-state index in [9.17, 15) is 9.18 Å². The molecule has 4 rings (SSSR count). The van der Waals surface area contributed by atoms with Gasteiger partial charge < -0.3 is 5.32 Å². The van der Waals surface area contributed by atoms with Crippen molar-refractivity contribution in [2.24, 2.45) is 0 Å². The molecular formula is C23H20ClFN4OS2. The number of thioether (sulfide) groups is 1. The zero-order chi connectivity index (χ0) is 22.5. The number of rotatable bonds is 8. The summed E-state index contributed by atoms with van der Waals surface area (Å²) in [6.07, 6.45) is 0.328. The van der Waals surface area contributed by atoms with E-state index in [2.05, 4.69) is 15.5 Å². The van der Waals surface area contributed by atoms with E-state index in [1.54, 1.807) is 23.5 Å². The summed E-state index contributed by atoms with van der Waals surface area (Å²) in [4.78, 5) is 13.4. The molecule has 1 N–H and O–H groups in total. The highest BCUT2D eigenvalue weighted by Crippen LogP contribution is 2.28. The Balaban J connectivity index is 1.57. The van der Waals surface area contributed by atoms with Gasteiger partial charge in [0.2, 0.25) is 5.91 Å². The Kier molecular flexibility index (Phi) is 7.24. The SMILES string of the molecule is Cc1ccc(Cl)cc1-n1c(CNC(=O)Cc2cccs2)nnc1SCc1ccc(F)cc1. The molecular weight excluding hydrogens is 467 g/mol. The number of benzene rings is 2. The van der Waals surface area contributed by atoms with Crippen molar-refractivity contribution >= 4 is 40.6 Å². The summed E-state index contributed by atoms with van der Waals surface area (Å²) in [5.41, 5.74) is 2.83. The average molecular weight is 487 g/mol. The van der Waals surface area contributed by atoms with E-state index in [0.717, 1.165) is 21.7 Å². The average Bonchev–Trinajstić information content (AvgIpc) is 3.43. The predicted octanol–water partition coefficient (Wildman–Crippen LogP) is 5.58. The monoisotopic (exact) mass is 486 g/mol. The molecule has 0 atom stereocenters. The Morgan fingerprint density at radius 1 is 1.19 bits per heavy atom. The van der Waals surface area contributed by atoms with Crippen LogP contribution in [0.5, 0.6) is 0 Å². The Labute approximate surface area is 198 Å². The van der Waals surface area contributed by atoms with Crippen LogP contribution < -0.4 is 5.32 Å². The summed E-state index contributed by atoms with van der Waals surface area (Å²) in [7, 11) is 0. The minimum Gasteiger partial charge on any atom is -0.348 e. The van der Waals surface area contributed by atoms with Crippen molar-refractivity contribution in [3.05, 3.63) is 92.6 Å². The molecule has 5 nitrogen and oxygen atoms in total. The van der Waals surface area contributed by atoms with Gasteiger partial charge in [-0.05, 0) is 53.8 Å². The van der Waals surface area contributed by atoms with Crippen molar-refractivity contribution in [3.8, 4) is 5.69 Å². The van der Waals surface area contributed by atoms with Gasteiger partial charge in [0.1, 0.15) is 5.82 Å². The second kappa shape index (κ2) is 10.3. The molecule has 0 saturated carbocycles. The van der Waals surface area contributed by atoms with Crippen LogP contribution in [0.25, 0.3) is 5.69 Å². The largest absolute Gasteiger partial charge is 0.348 e. The second-order valence-corrected chi connectivity index (χ2v) is 9.52. The van der Waals surface area contributed by atoms with Crippen LogP contribution in [0.2, 0.25) is 5.02 Å². The second-order valence-electron chi connectivity index (χ2n) is 7.11. The van der Waals surface area contributed by atoms with Crippen molar-refractivity contribution in [1.82, 2.24) is 20.1 Å². The fraction of sp³-hybridized carbons (Fsp3) is 0.174. The molecule has 0 saturated heterocycles. The summed E-state index contributed by atoms with van der Waals surface area (Å²) in [5, 5.41) is 14.8. The fourth-order valence-corrected chi connectivity index (χ4v) is 4.90. The Morgan fingerprint density at radius 3 is 2.75 bits per heavy atom. The number of halogens is 2. The molecule has 0 fully saturated rings. The number of hydrogen-bond donors (Lipinski definition) is 1. The third kappa shape index (κ3) is 5.56. The van der Waals surface area contributed by atoms with Gasteiger partial charge in [0, 0.05) is 15.7 Å². The highest BCUT2D eigenvalue weighted by molar-refractivity contribution is 7.98. The first-order valence-corrected chi connectivity index (χ1v) is 12.1. The number of thiophene rings is 1. The lowest BCUT2D eigenvalue weighted by Crippen LogP contribution is -2.26. The van der Waals surface area contributed by atoms with Gasteiger partial charge in [-0.2, -0.15) is 0 Å². The van der Waals surface area contributed by atoms with E-state index in [0.29, 0.717) is 28.2 Å². The van der Waals surface area contributed by atoms with Gasteiger partial charge in [-0.25, -0.2) is 4.39 Å². The number of carbonyl (C=O) groups is 1. The molecule has 4 aromatic rings. The van der Waals surface area contributed by atoms with Gasteiger partial charge in [0.25, 0.3) is 0 Å². The van der Waals surface area contributed by atoms with E-state index < -0.39 is 0 Å². The van der Waals surface area contributed by atoms with Crippen LogP contribution in [0.3, 0.4) is 0 Å². The third-order valence-corrected chi connectivity index (χ3v) is 6.86. The number of aryl methyl sites for hydroxylation is 1. The lowest BCUT2D eigenvalue weighted by molar-refractivity contribution is -0.120. The Morgan fingerprint density at radius 2 is 2.00 bits per heavy atom. The molecule has 0 aliphatic rings. The molecule has 0 unspecified atom stereocenters. The summed E-state index contributed by atoms with van der Waals surface area (Å²) in [5.74, 6) is 0.863. The van der Waals surface area contributed by atoms with Crippen LogP contribution in [-0.2, 0) is 23.5 Å². The number of hydrogen-bond acceptors (Lipinski definition) is 5. The molecule has 9 heteroatoms. The molecule has 2 heterocycles. The summed E-state index contributed by atoms with van der Waals surface area (Å²) >= 11 is 9.31. The fourth-order valence-electron chi connectivity index (χ4n) is 3.11. The molecule has 0 bridgehead atoms. The van der Waals surface area contributed by atoms with Gasteiger partial charge in [0.15, 0.2) is 11.0 Å². The Hall–Kier alpha value is -2.68. The first-order chi connectivity index (χ1) is 15.5. The van der Waals surface area contributed by atoms with Gasteiger partial charge in [-0.15, -0.1) is 21.5 Å². The van der Waals surface area contributed by atoms with E-state index >= 15 is 0 Å². The molecule has 32 heavy (non-hydrogen) atoms. The smallest absolute Gasteiger partial charge is 0.225 e. The van der Waals surface area contributed by atoms with Crippen LogP contribution in [0.15, 0.2) is 65.1 Å². The molecule has 0 aliphatic heterocycles. The van der Waals surface area contributed by atoms with Crippen molar-refractivity contribution in [2.45, 2.75) is 30.8 Å². The quantitative estimate of drug-likeness (QED) is 0.330. The van der Waals surface area contributed by atoms with Gasteiger partial charge in [0.05, 0.1) is 18.7 Å². The molecule has 0 radical (unpaired) electrons.